The van der Waals surface area contributed by atoms with Crippen LogP contribution in [0.25, 0.3) is 11.0 Å². The van der Waals surface area contributed by atoms with Gasteiger partial charge in [-0.3, -0.25) is 4.79 Å². The molecule has 2 aromatic heterocycles. The van der Waals surface area contributed by atoms with Crippen LogP contribution in [0.4, 0.5) is 33.5 Å². The van der Waals surface area contributed by atoms with Crippen molar-refractivity contribution in [2.24, 2.45) is 0 Å². The third kappa shape index (κ3) is 4.23. The van der Waals surface area contributed by atoms with Crippen molar-refractivity contribution in [1.82, 2.24) is 19.9 Å². The molecule has 1 aromatic carbocycles. The fourth-order valence-electron chi connectivity index (χ4n) is 2.76. The van der Waals surface area contributed by atoms with Crippen LogP contribution in [0.2, 0.25) is 0 Å². The largest absolute Gasteiger partial charge is 0.346 e. The Hall–Kier alpha value is -2.76. The summed E-state index contributed by atoms with van der Waals surface area (Å²) in [7, 11) is 0. The number of carbonyl (C=O) groups is 1. The molecule has 0 aliphatic heterocycles. The molecule has 30 heavy (non-hydrogen) atoms. The van der Waals surface area contributed by atoms with Crippen molar-refractivity contribution in [3.8, 4) is 0 Å². The Morgan fingerprint density at radius 2 is 1.87 bits per heavy atom. The highest BCUT2D eigenvalue weighted by Crippen LogP contribution is 2.32. The lowest BCUT2D eigenvalue weighted by molar-refractivity contribution is 0.0886. The summed E-state index contributed by atoms with van der Waals surface area (Å²) < 4.78 is 69.2. The van der Waals surface area contributed by atoms with Crippen LogP contribution in [0.3, 0.4) is 0 Å². The molecule has 3 rings (SSSR count). The molecule has 0 aliphatic rings. The number of halogens is 6. The predicted octanol–water partition coefficient (Wildman–Crippen LogP) is 4.93. The maximum Gasteiger partial charge on any atom is 0.255 e. The Balaban J connectivity index is 2.09. The number of rotatable bonds is 6. The standard InChI is InChI=1S/C18H15BrF5N5O/c1-7(2)29-6-26-10-4-11(19)28-17(16(10)29)27-9-3-8(13(22)15(24)14(9)23)18(30)25-5-12(20)21/h3-4,6-7,12H,5H2,1-2H3,(H,25,30)(H,27,28). The van der Waals surface area contributed by atoms with Gasteiger partial charge in [0.25, 0.3) is 12.3 Å². The van der Waals surface area contributed by atoms with Gasteiger partial charge in [-0.05, 0) is 41.9 Å². The first-order chi connectivity index (χ1) is 14.1. The Bertz CT molecular complexity index is 1120. The van der Waals surface area contributed by atoms with Gasteiger partial charge in [-0.25, -0.2) is 31.9 Å². The maximum absolute atomic E-state index is 14.4. The number of benzene rings is 1. The van der Waals surface area contributed by atoms with E-state index in [2.05, 4.69) is 31.2 Å². The van der Waals surface area contributed by atoms with E-state index in [-0.39, 0.29) is 11.9 Å². The Kier molecular flexibility index (Phi) is 6.25. The first kappa shape index (κ1) is 21.9. The third-order valence-electron chi connectivity index (χ3n) is 4.14. The van der Waals surface area contributed by atoms with E-state index in [0.717, 1.165) is 0 Å². The topological polar surface area (TPSA) is 71.8 Å². The molecule has 6 nitrogen and oxygen atoms in total. The molecular weight excluding hydrogens is 477 g/mol. The van der Waals surface area contributed by atoms with Crippen molar-refractivity contribution in [2.45, 2.75) is 26.3 Å². The lowest BCUT2D eigenvalue weighted by Gasteiger charge is -2.15. The van der Waals surface area contributed by atoms with Gasteiger partial charge in [0.1, 0.15) is 10.1 Å². The maximum atomic E-state index is 14.4. The van der Waals surface area contributed by atoms with E-state index in [1.807, 2.05) is 13.8 Å². The van der Waals surface area contributed by atoms with Gasteiger partial charge < -0.3 is 15.2 Å². The fraction of sp³-hybridized carbons (Fsp3) is 0.278. The van der Waals surface area contributed by atoms with Crippen LogP contribution in [-0.2, 0) is 0 Å². The number of hydrogen-bond donors (Lipinski definition) is 2. The number of hydrogen-bond acceptors (Lipinski definition) is 4. The van der Waals surface area contributed by atoms with Crippen LogP contribution < -0.4 is 10.6 Å². The highest BCUT2D eigenvalue weighted by atomic mass is 79.9. The zero-order chi connectivity index (χ0) is 22.2. The van der Waals surface area contributed by atoms with E-state index in [9.17, 15) is 26.7 Å². The van der Waals surface area contributed by atoms with Crippen molar-refractivity contribution < 1.29 is 26.7 Å². The zero-order valence-electron chi connectivity index (χ0n) is 15.6. The Morgan fingerprint density at radius 3 is 2.50 bits per heavy atom. The van der Waals surface area contributed by atoms with Gasteiger partial charge in [0, 0.05) is 6.04 Å². The van der Waals surface area contributed by atoms with Gasteiger partial charge in [-0.1, -0.05) is 0 Å². The Labute approximate surface area is 175 Å². The highest BCUT2D eigenvalue weighted by molar-refractivity contribution is 9.10. The van der Waals surface area contributed by atoms with Crippen LogP contribution in [0, 0.1) is 17.5 Å². The minimum absolute atomic E-state index is 0.0518. The number of fused-ring (bicyclic) bond motifs is 1. The van der Waals surface area contributed by atoms with E-state index < -0.39 is 47.6 Å². The molecule has 2 heterocycles. The summed E-state index contributed by atoms with van der Waals surface area (Å²) in [4.78, 5) is 20.4. The minimum atomic E-state index is -2.89. The summed E-state index contributed by atoms with van der Waals surface area (Å²) >= 11 is 3.20. The number of aromatic nitrogens is 3. The van der Waals surface area contributed by atoms with Crippen molar-refractivity contribution in [3.05, 3.63) is 46.1 Å². The Morgan fingerprint density at radius 1 is 1.17 bits per heavy atom. The quantitative estimate of drug-likeness (QED) is 0.291. The fourth-order valence-corrected chi connectivity index (χ4v) is 3.16. The molecule has 0 saturated carbocycles. The number of imidazole rings is 1. The SMILES string of the molecule is CC(C)n1cnc2cc(Br)nc(Nc3cc(C(=O)NCC(F)F)c(F)c(F)c3F)c21. The molecule has 160 valence electrons. The van der Waals surface area contributed by atoms with Crippen molar-refractivity contribution in [2.75, 3.05) is 11.9 Å². The normalized spacial score (nSPS) is 11.5. The number of amides is 1. The van der Waals surface area contributed by atoms with Crippen LogP contribution >= 0.6 is 15.9 Å². The van der Waals surface area contributed by atoms with Gasteiger partial charge >= 0.3 is 0 Å². The molecule has 0 radical (unpaired) electrons. The first-order valence-electron chi connectivity index (χ1n) is 8.64. The molecule has 0 fully saturated rings. The monoisotopic (exact) mass is 491 g/mol. The van der Waals surface area contributed by atoms with Crippen molar-refractivity contribution in [1.29, 1.82) is 0 Å². The first-order valence-corrected chi connectivity index (χ1v) is 9.43. The summed E-state index contributed by atoms with van der Waals surface area (Å²) in [5.41, 5.74) is -0.577. The van der Waals surface area contributed by atoms with Crippen molar-refractivity contribution in [3.63, 3.8) is 0 Å². The number of nitrogens with one attached hydrogen (secondary N) is 2. The number of anilines is 2. The lowest BCUT2D eigenvalue weighted by atomic mass is 10.1. The molecule has 0 aliphatic carbocycles. The van der Waals surface area contributed by atoms with E-state index in [1.165, 1.54) is 0 Å². The molecular formula is C18H15BrF5N5O. The summed E-state index contributed by atoms with van der Waals surface area (Å²) in [6.07, 6.45) is -1.35. The zero-order valence-corrected chi connectivity index (χ0v) is 17.2. The summed E-state index contributed by atoms with van der Waals surface area (Å²) in [5.74, 6) is -6.55. The molecule has 0 bridgehead atoms. The number of alkyl halides is 2. The molecule has 12 heteroatoms. The van der Waals surface area contributed by atoms with E-state index in [0.29, 0.717) is 21.7 Å². The second kappa shape index (κ2) is 8.54. The number of pyridine rings is 1. The van der Waals surface area contributed by atoms with Gasteiger partial charge in [0.15, 0.2) is 23.3 Å². The van der Waals surface area contributed by atoms with Gasteiger partial charge in [-0.15, -0.1) is 0 Å². The molecule has 0 atom stereocenters. The van der Waals surface area contributed by atoms with Crippen molar-refractivity contribution >= 4 is 44.4 Å². The molecule has 0 saturated heterocycles. The third-order valence-corrected chi connectivity index (χ3v) is 4.55. The molecule has 1 amide bonds. The number of carbonyl (C=O) groups excluding carboxylic acids is 1. The average molecular weight is 492 g/mol. The van der Waals surface area contributed by atoms with Gasteiger partial charge in [0.2, 0.25) is 0 Å². The average Bonchev–Trinajstić information content (AvgIpc) is 3.10. The second-order valence-corrected chi connectivity index (χ2v) is 7.36. The number of nitrogens with zero attached hydrogens (tertiary/aromatic N) is 3. The van der Waals surface area contributed by atoms with Crippen LogP contribution in [-0.4, -0.2) is 33.4 Å². The van der Waals surface area contributed by atoms with Crippen LogP contribution in [0.1, 0.15) is 30.2 Å². The van der Waals surface area contributed by atoms with Crippen LogP contribution in [0.5, 0.6) is 0 Å². The van der Waals surface area contributed by atoms with Gasteiger partial charge in [-0.2, -0.15) is 0 Å². The summed E-state index contributed by atoms with van der Waals surface area (Å²) in [5, 5.41) is 4.31. The molecule has 3 aromatic rings. The van der Waals surface area contributed by atoms with Crippen LogP contribution in [0.15, 0.2) is 23.1 Å². The second-order valence-electron chi connectivity index (χ2n) is 6.55. The van der Waals surface area contributed by atoms with Gasteiger partial charge in [0.05, 0.1) is 29.6 Å². The van der Waals surface area contributed by atoms with E-state index in [4.69, 9.17) is 0 Å². The lowest BCUT2D eigenvalue weighted by Crippen LogP contribution is -2.29. The van der Waals surface area contributed by atoms with E-state index >= 15 is 0 Å². The highest BCUT2D eigenvalue weighted by Gasteiger charge is 2.24. The van der Waals surface area contributed by atoms with E-state index in [1.54, 1.807) is 22.3 Å². The molecule has 0 unspecified atom stereocenters. The summed E-state index contributed by atoms with van der Waals surface area (Å²) in [6, 6.07) is 2.26. The summed E-state index contributed by atoms with van der Waals surface area (Å²) in [6.45, 7) is 2.68. The molecule has 0 spiro atoms. The minimum Gasteiger partial charge on any atom is -0.346 e. The molecule has 2 N–H and O–H groups in total. The smallest absolute Gasteiger partial charge is 0.255 e. The predicted molar refractivity (Wildman–Crippen MR) is 104 cm³/mol.